The number of thioether (sulfide) groups is 1. The third kappa shape index (κ3) is 3.63. The molecule has 0 saturated heterocycles. The smallest absolute Gasteiger partial charge is 0.284 e. The van der Waals surface area contributed by atoms with E-state index in [9.17, 15) is 4.79 Å². The van der Waals surface area contributed by atoms with E-state index in [2.05, 4.69) is 15.5 Å². The van der Waals surface area contributed by atoms with Gasteiger partial charge in [-0.3, -0.25) is 4.79 Å². The number of benzene rings is 1. The molecule has 0 spiro atoms. The highest BCUT2D eigenvalue weighted by atomic mass is 35.5. The Morgan fingerprint density at radius 3 is 2.88 bits per heavy atom. The third-order valence-corrected chi connectivity index (χ3v) is 4.65. The Morgan fingerprint density at radius 1 is 1.29 bits per heavy atom. The van der Waals surface area contributed by atoms with Crippen molar-refractivity contribution in [3.63, 3.8) is 0 Å². The molecule has 0 aliphatic heterocycles. The number of hydrogen-bond donors (Lipinski definition) is 1. The number of amides is 1. The van der Waals surface area contributed by atoms with Crippen LogP contribution in [0.25, 0.3) is 11.7 Å². The van der Waals surface area contributed by atoms with Gasteiger partial charge in [0.15, 0.2) is 5.76 Å². The zero-order valence-corrected chi connectivity index (χ0v) is 14.5. The molecule has 0 aliphatic rings. The van der Waals surface area contributed by atoms with Crippen molar-refractivity contribution in [3.05, 3.63) is 47.2 Å². The quantitative estimate of drug-likeness (QED) is 0.676. The van der Waals surface area contributed by atoms with Gasteiger partial charge in [-0.05, 0) is 43.7 Å². The first-order valence-corrected chi connectivity index (χ1v) is 8.40. The summed E-state index contributed by atoms with van der Waals surface area (Å²) in [5.41, 5.74) is 1.50. The molecule has 1 aromatic carbocycles. The van der Waals surface area contributed by atoms with Gasteiger partial charge >= 0.3 is 0 Å². The summed E-state index contributed by atoms with van der Waals surface area (Å²) in [5, 5.41) is 11.2. The van der Waals surface area contributed by atoms with Crippen molar-refractivity contribution >= 4 is 35.0 Å². The zero-order valence-electron chi connectivity index (χ0n) is 12.9. The summed E-state index contributed by atoms with van der Waals surface area (Å²) in [6, 6.07) is 8.82. The molecule has 3 aromatic rings. The van der Waals surface area contributed by atoms with E-state index in [0.717, 1.165) is 5.56 Å². The molecule has 1 amide bonds. The van der Waals surface area contributed by atoms with E-state index in [1.807, 2.05) is 6.92 Å². The van der Waals surface area contributed by atoms with Crippen LogP contribution in [0.2, 0.25) is 5.02 Å². The number of carbonyl (C=O) groups excluding carboxylic acids is 1. The largest absolute Gasteiger partial charge is 0.459 e. The summed E-state index contributed by atoms with van der Waals surface area (Å²) in [4.78, 5) is 12.3. The SMILES string of the molecule is Cc1c(Cl)cccc1NC(=O)C(C)Sc1nnc(-c2ccco2)o1. The number of furan rings is 1. The number of nitrogens with one attached hydrogen (secondary N) is 1. The first-order chi connectivity index (χ1) is 11.5. The Hall–Kier alpha value is -2.25. The summed E-state index contributed by atoms with van der Waals surface area (Å²) >= 11 is 7.23. The van der Waals surface area contributed by atoms with Crippen molar-refractivity contribution in [2.75, 3.05) is 5.32 Å². The van der Waals surface area contributed by atoms with Gasteiger partial charge in [0.1, 0.15) is 0 Å². The Bertz CT molecular complexity index is 848. The normalized spacial score (nSPS) is 12.1. The fourth-order valence-corrected chi connectivity index (χ4v) is 2.80. The van der Waals surface area contributed by atoms with Crippen molar-refractivity contribution in [2.24, 2.45) is 0 Å². The first kappa shape index (κ1) is 16.6. The van der Waals surface area contributed by atoms with Gasteiger partial charge in [-0.1, -0.05) is 29.4 Å². The maximum atomic E-state index is 12.3. The van der Waals surface area contributed by atoms with Crippen LogP contribution in [-0.4, -0.2) is 21.4 Å². The minimum Gasteiger partial charge on any atom is -0.459 e. The Labute approximate surface area is 147 Å². The van der Waals surface area contributed by atoms with Gasteiger partial charge in [0.2, 0.25) is 5.91 Å². The number of aromatic nitrogens is 2. The van der Waals surface area contributed by atoms with Gasteiger partial charge in [0.05, 0.1) is 11.5 Å². The van der Waals surface area contributed by atoms with Gasteiger partial charge in [-0.15, -0.1) is 10.2 Å². The molecule has 24 heavy (non-hydrogen) atoms. The minimum atomic E-state index is -0.423. The second-order valence-corrected chi connectivity index (χ2v) is 6.71. The van der Waals surface area contributed by atoms with Crippen molar-refractivity contribution in [2.45, 2.75) is 24.3 Å². The predicted molar refractivity (Wildman–Crippen MR) is 92.1 cm³/mol. The van der Waals surface area contributed by atoms with E-state index in [4.69, 9.17) is 20.4 Å². The lowest BCUT2D eigenvalue weighted by molar-refractivity contribution is -0.115. The second-order valence-electron chi connectivity index (χ2n) is 5.01. The molecule has 0 radical (unpaired) electrons. The molecule has 6 nitrogen and oxygen atoms in total. The number of nitrogens with zero attached hydrogens (tertiary/aromatic N) is 2. The van der Waals surface area contributed by atoms with Crippen LogP contribution in [-0.2, 0) is 4.79 Å². The molecule has 8 heteroatoms. The van der Waals surface area contributed by atoms with E-state index in [1.165, 1.54) is 18.0 Å². The maximum absolute atomic E-state index is 12.3. The van der Waals surface area contributed by atoms with Gasteiger partial charge < -0.3 is 14.2 Å². The van der Waals surface area contributed by atoms with E-state index >= 15 is 0 Å². The minimum absolute atomic E-state index is 0.178. The standard InChI is InChI=1S/C16H14ClN3O3S/c1-9-11(17)5-3-6-12(9)18-14(21)10(2)24-16-20-19-15(23-16)13-7-4-8-22-13/h3-8,10H,1-2H3,(H,18,21). The van der Waals surface area contributed by atoms with Gasteiger partial charge in [0.25, 0.3) is 11.1 Å². The van der Waals surface area contributed by atoms with E-state index in [1.54, 1.807) is 37.3 Å². The summed E-state index contributed by atoms with van der Waals surface area (Å²) < 4.78 is 10.7. The van der Waals surface area contributed by atoms with Crippen LogP contribution in [0.5, 0.6) is 0 Å². The number of anilines is 1. The Balaban J connectivity index is 1.65. The Kier molecular flexibility index (Phi) is 4.92. The topological polar surface area (TPSA) is 81.2 Å². The summed E-state index contributed by atoms with van der Waals surface area (Å²) in [6.07, 6.45) is 1.52. The highest BCUT2D eigenvalue weighted by Gasteiger charge is 2.20. The number of halogens is 1. The molecule has 124 valence electrons. The average molecular weight is 364 g/mol. The molecular weight excluding hydrogens is 350 g/mol. The van der Waals surface area contributed by atoms with Crippen molar-refractivity contribution < 1.29 is 13.6 Å². The van der Waals surface area contributed by atoms with Crippen LogP contribution in [0.3, 0.4) is 0 Å². The van der Waals surface area contributed by atoms with Crippen LogP contribution in [0.4, 0.5) is 5.69 Å². The number of hydrogen-bond acceptors (Lipinski definition) is 6. The second kappa shape index (κ2) is 7.11. The van der Waals surface area contributed by atoms with Gasteiger partial charge in [-0.2, -0.15) is 0 Å². The predicted octanol–water partition coefficient (Wildman–Crippen LogP) is 4.41. The molecule has 0 aliphatic carbocycles. The molecular formula is C16H14ClN3O3S. The van der Waals surface area contributed by atoms with Crippen LogP contribution < -0.4 is 5.32 Å². The molecule has 2 heterocycles. The van der Waals surface area contributed by atoms with Crippen molar-refractivity contribution in [1.82, 2.24) is 10.2 Å². The first-order valence-electron chi connectivity index (χ1n) is 7.14. The monoisotopic (exact) mass is 363 g/mol. The molecule has 1 unspecified atom stereocenters. The van der Waals surface area contributed by atoms with Crippen LogP contribution >= 0.6 is 23.4 Å². The average Bonchev–Trinajstić information content (AvgIpc) is 3.22. The van der Waals surface area contributed by atoms with Gasteiger partial charge in [0, 0.05) is 10.7 Å². The lowest BCUT2D eigenvalue weighted by Crippen LogP contribution is -2.22. The molecule has 2 aromatic heterocycles. The van der Waals surface area contributed by atoms with Crippen LogP contribution in [0.15, 0.2) is 50.7 Å². The highest BCUT2D eigenvalue weighted by molar-refractivity contribution is 8.00. The molecule has 3 rings (SSSR count). The maximum Gasteiger partial charge on any atom is 0.284 e. The van der Waals surface area contributed by atoms with E-state index in [0.29, 0.717) is 21.7 Å². The molecule has 0 fully saturated rings. The summed E-state index contributed by atoms with van der Waals surface area (Å²) in [5.74, 6) is 0.588. The van der Waals surface area contributed by atoms with Crippen LogP contribution in [0, 0.1) is 6.92 Å². The zero-order chi connectivity index (χ0) is 17.1. The lowest BCUT2D eigenvalue weighted by Gasteiger charge is -2.12. The third-order valence-electron chi connectivity index (χ3n) is 3.31. The number of rotatable bonds is 5. The van der Waals surface area contributed by atoms with Crippen molar-refractivity contribution in [1.29, 1.82) is 0 Å². The fraction of sp³-hybridized carbons (Fsp3) is 0.188. The van der Waals surface area contributed by atoms with Crippen LogP contribution in [0.1, 0.15) is 12.5 Å². The molecule has 0 saturated carbocycles. The Morgan fingerprint density at radius 2 is 2.12 bits per heavy atom. The van der Waals surface area contributed by atoms with E-state index < -0.39 is 5.25 Å². The number of carbonyl (C=O) groups is 1. The molecule has 0 bridgehead atoms. The lowest BCUT2D eigenvalue weighted by atomic mass is 10.2. The molecule has 1 atom stereocenters. The van der Waals surface area contributed by atoms with E-state index in [-0.39, 0.29) is 11.8 Å². The van der Waals surface area contributed by atoms with Gasteiger partial charge in [-0.25, -0.2) is 0 Å². The fourth-order valence-electron chi connectivity index (χ4n) is 1.94. The molecule has 1 N–H and O–H groups in total. The highest BCUT2D eigenvalue weighted by Crippen LogP contribution is 2.28. The van der Waals surface area contributed by atoms with Crippen molar-refractivity contribution in [3.8, 4) is 11.7 Å². The summed E-state index contributed by atoms with van der Waals surface area (Å²) in [7, 11) is 0. The summed E-state index contributed by atoms with van der Waals surface area (Å²) in [6.45, 7) is 3.61.